The summed E-state index contributed by atoms with van der Waals surface area (Å²) in [5, 5.41) is 8.28. The highest BCUT2D eigenvalue weighted by molar-refractivity contribution is 7.89. The Morgan fingerprint density at radius 1 is 1.60 bits per heavy atom. The van der Waals surface area contributed by atoms with E-state index in [2.05, 4.69) is 5.10 Å². The number of hydrogen-bond acceptors (Lipinski definition) is 4. The van der Waals surface area contributed by atoms with Gasteiger partial charge in [0.05, 0.1) is 0 Å². The van der Waals surface area contributed by atoms with E-state index in [9.17, 15) is 13.2 Å². The van der Waals surface area contributed by atoms with Crippen LogP contribution in [0.15, 0.2) is 17.3 Å². The number of amides is 1. The van der Waals surface area contributed by atoms with Gasteiger partial charge in [-0.05, 0) is 6.07 Å². The van der Waals surface area contributed by atoms with Crippen LogP contribution >= 0.6 is 0 Å². The van der Waals surface area contributed by atoms with Crippen LogP contribution in [0.2, 0.25) is 0 Å². The molecule has 0 spiro atoms. The molecule has 1 aromatic rings. The van der Waals surface area contributed by atoms with Crippen LogP contribution in [0.5, 0.6) is 0 Å². The topological polar surface area (TPSA) is 98.3 Å². The van der Waals surface area contributed by atoms with E-state index < -0.39 is 10.0 Å². The van der Waals surface area contributed by atoms with Gasteiger partial charge in [0.1, 0.15) is 6.54 Å². The largest absolute Gasteiger partial charge is 0.347 e. The zero-order chi connectivity index (χ0) is 11.6. The Labute approximate surface area is 87.5 Å². The number of carbonyl (C=O) groups excluding carboxylic acids is 1. The van der Waals surface area contributed by atoms with E-state index in [4.69, 9.17) is 5.14 Å². The summed E-state index contributed by atoms with van der Waals surface area (Å²) in [6.07, 6.45) is 1.39. The van der Waals surface area contributed by atoms with Crippen molar-refractivity contribution in [3.8, 4) is 0 Å². The molecule has 0 aliphatic rings. The summed E-state index contributed by atoms with van der Waals surface area (Å²) >= 11 is 0. The fraction of sp³-hybridized carbons (Fsp3) is 0.429. The SMILES string of the molecule is CN(C)C(=O)Cn1ccc(S(N)(=O)=O)n1. The van der Waals surface area contributed by atoms with Crippen molar-refractivity contribution in [2.75, 3.05) is 14.1 Å². The summed E-state index contributed by atoms with van der Waals surface area (Å²) in [5.41, 5.74) is 0. The number of sulfonamides is 1. The number of carbonyl (C=O) groups is 1. The van der Waals surface area contributed by atoms with Gasteiger partial charge in [0, 0.05) is 20.3 Å². The predicted molar refractivity (Wildman–Crippen MR) is 52.3 cm³/mol. The maximum absolute atomic E-state index is 11.3. The molecule has 0 aliphatic carbocycles. The van der Waals surface area contributed by atoms with Gasteiger partial charge in [0.2, 0.25) is 5.91 Å². The number of aromatic nitrogens is 2. The number of nitrogens with zero attached hydrogens (tertiary/aromatic N) is 3. The van der Waals surface area contributed by atoms with Gasteiger partial charge < -0.3 is 4.90 Å². The van der Waals surface area contributed by atoms with E-state index in [0.717, 1.165) is 0 Å². The van der Waals surface area contributed by atoms with Crippen molar-refractivity contribution in [1.82, 2.24) is 14.7 Å². The van der Waals surface area contributed by atoms with Gasteiger partial charge in [0.15, 0.2) is 5.03 Å². The van der Waals surface area contributed by atoms with Crippen molar-refractivity contribution >= 4 is 15.9 Å². The molecule has 15 heavy (non-hydrogen) atoms. The van der Waals surface area contributed by atoms with E-state index in [-0.39, 0.29) is 17.5 Å². The quantitative estimate of drug-likeness (QED) is 0.694. The van der Waals surface area contributed by atoms with Crippen molar-refractivity contribution < 1.29 is 13.2 Å². The first-order chi connectivity index (χ1) is 6.80. The predicted octanol–water partition coefficient (Wildman–Crippen LogP) is -1.38. The molecular formula is C7H12N4O3S. The van der Waals surface area contributed by atoms with Gasteiger partial charge in [0.25, 0.3) is 10.0 Å². The average Bonchev–Trinajstić information content (AvgIpc) is 2.51. The van der Waals surface area contributed by atoms with Crippen LogP contribution in [0.4, 0.5) is 0 Å². The molecule has 8 heteroatoms. The number of nitrogens with two attached hydrogens (primary N) is 1. The normalized spacial score (nSPS) is 11.4. The van der Waals surface area contributed by atoms with E-state index in [1.807, 2.05) is 0 Å². The maximum atomic E-state index is 11.3. The van der Waals surface area contributed by atoms with Gasteiger partial charge >= 0.3 is 0 Å². The second kappa shape index (κ2) is 3.99. The summed E-state index contributed by atoms with van der Waals surface area (Å²) in [4.78, 5) is 12.6. The number of likely N-dealkylation sites (N-methyl/N-ethyl adjacent to an activating group) is 1. The third-order valence-electron chi connectivity index (χ3n) is 1.70. The molecule has 0 saturated heterocycles. The van der Waals surface area contributed by atoms with E-state index in [1.54, 1.807) is 14.1 Å². The summed E-state index contributed by atoms with van der Waals surface area (Å²) < 4.78 is 23.0. The lowest BCUT2D eigenvalue weighted by molar-refractivity contribution is -0.129. The van der Waals surface area contributed by atoms with Crippen molar-refractivity contribution in [3.63, 3.8) is 0 Å². The zero-order valence-electron chi connectivity index (χ0n) is 8.41. The molecule has 7 nitrogen and oxygen atoms in total. The zero-order valence-corrected chi connectivity index (χ0v) is 9.23. The first-order valence-electron chi connectivity index (χ1n) is 4.07. The molecule has 1 amide bonds. The minimum atomic E-state index is -3.79. The standard InChI is InChI=1S/C7H12N4O3S/c1-10(2)7(12)5-11-4-3-6(9-11)15(8,13)14/h3-4H,5H2,1-2H3,(H2,8,13,14). The molecule has 0 atom stereocenters. The van der Waals surface area contributed by atoms with Crippen LogP contribution in [0.1, 0.15) is 0 Å². The highest BCUT2D eigenvalue weighted by Gasteiger charge is 2.13. The summed E-state index contributed by atoms with van der Waals surface area (Å²) in [6.45, 7) is -0.0114. The lowest BCUT2D eigenvalue weighted by atomic mass is 10.5. The van der Waals surface area contributed by atoms with Gasteiger partial charge in [-0.1, -0.05) is 0 Å². The molecule has 0 saturated carbocycles. The van der Waals surface area contributed by atoms with E-state index >= 15 is 0 Å². The number of primary sulfonamides is 1. The molecule has 0 aromatic carbocycles. The third kappa shape index (κ3) is 3.03. The molecule has 0 bridgehead atoms. The second-order valence-electron chi connectivity index (χ2n) is 3.18. The van der Waals surface area contributed by atoms with Crippen LogP contribution in [-0.4, -0.2) is 43.1 Å². The maximum Gasteiger partial charge on any atom is 0.257 e. The average molecular weight is 232 g/mol. The Morgan fingerprint density at radius 3 is 2.60 bits per heavy atom. The molecule has 0 aliphatic heterocycles. The third-order valence-corrected chi connectivity index (χ3v) is 2.50. The van der Waals surface area contributed by atoms with Gasteiger partial charge in [-0.25, -0.2) is 13.6 Å². The lowest BCUT2D eigenvalue weighted by Gasteiger charge is -2.09. The first kappa shape index (κ1) is 11.7. The summed E-state index contributed by atoms with van der Waals surface area (Å²) in [6, 6.07) is 1.25. The minimum Gasteiger partial charge on any atom is -0.347 e. The number of hydrogen-bond donors (Lipinski definition) is 1. The molecule has 1 aromatic heterocycles. The molecule has 84 valence electrons. The van der Waals surface area contributed by atoms with Gasteiger partial charge in [-0.15, -0.1) is 0 Å². The molecule has 0 radical (unpaired) electrons. The van der Waals surface area contributed by atoms with Crippen molar-refractivity contribution in [2.24, 2.45) is 5.14 Å². The smallest absolute Gasteiger partial charge is 0.257 e. The molecule has 1 rings (SSSR count). The highest BCUT2D eigenvalue weighted by Crippen LogP contribution is 2.01. The Kier molecular flexibility index (Phi) is 3.10. The van der Waals surface area contributed by atoms with Crippen LogP contribution in [0.3, 0.4) is 0 Å². The summed E-state index contributed by atoms with van der Waals surface area (Å²) in [7, 11) is -0.588. The second-order valence-corrected chi connectivity index (χ2v) is 4.69. The Morgan fingerprint density at radius 2 is 2.20 bits per heavy atom. The summed E-state index contributed by atoms with van der Waals surface area (Å²) in [5.74, 6) is -0.181. The molecule has 0 unspecified atom stereocenters. The van der Waals surface area contributed by atoms with Crippen LogP contribution in [0, 0.1) is 0 Å². The fourth-order valence-corrected chi connectivity index (χ4v) is 1.33. The van der Waals surface area contributed by atoms with E-state index in [1.165, 1.54) is 21.8 Å². The molecule has 2 N–H and O–H groups in total. The Bertz CT molecular complexity index is 462. The van der Waals surface area contributed by atoms with Gasteiger partial charge in [-0.2, -0.15) is 5.10 Å². The van der Waals surface area contributed by atoms with Crippen molar-refractivity contribution in [2.45, 2.75) is 11.6 Å². The minimum absolute atomic E-state index is 0.0114. The van der Waals surface area contributed by atoms with E-state index in [0.29, 0.717) is 0 Å². The molecule has 0 fully saturated rings. The van der Waals surface area contributed by atoms with Crippen molar-refractivity contribution in [1.29, 1.82) is 0 Å². The molecular weight excluding hydrogens is 220 g/mol. The number of rotatable bonds is 3. The Hall–Kier alpha value is -1.41. The highest BCUT2D eigenvalue weighted by atomic mass is 32.2. The van der Waals surface area contributed by atoms with Crippen LogP contribution in [-0.2, 0) is 21.4 Å². The molecule has 1 heterocycles. The van der Waals surface area contributed by atoms with Gasteiger partial charge in [-0.3, -0.25) is 9.48 Å². The van der Waals surface area contributed by atoms with Crippen molar-refractivity contribution in [3.05, 3.63) is 12.3 Å². The van der Waals surface area contributed by atoms with Crippen LogP contribution in [0.25, 0.3) is 0 Å². The fourth-order valence-electron chi connectivity index (χ4n) is 0.863. The monoisotopic (exact) mass is 232 g/mol. The Balaban J connectivity index is 2.83. The lowest BCUT2D eigenvalue weighted by Crippen LogP contribution is -2.26. The first-order valence-corrected chi connectivity index (χ1v) is 5.62. The van der Waals surface area contributed by atoms with Crippen LogP contribution < -0.4 is 5.14 Å².